The average Bonchev–Trinajstić information content (AvgIpc) is 3.00. The third-order valence-electron chi connectivity index (χ3n) is 3.96. The van der Waals surface area contributed by atoms with Gasteiger partial charge >= 0.3 is 0 Å². The second-order valence-corrected chi connectivity index (χ2v) is 8.43. The molecule has 6 nitrogen and oxygen atoms in total. The number of nitrogens with zero attached hydrogens (tertiary/aromatic N) is 5. The van der Waals surface area contributed by atoms with Crippen LogP contribution in [0.5, 0.6) is 0 Å². The molecular formula is C21H21Cl2FN6. The van der Waals surface area contributed by atoms with Crippen molar-refractivity contribution in [2.24, 2.45) is 22.8 Å². The fourth-order valence-electron chi connectivity index (χ4n) is 2.74. The molecule has 0 atom stereocenters. The minimum absolute atomic E-state index is 0.0842. The number of aromatic nitrogens is 3. The van der Waals surface area contributed by atoms with Gasteiger partial charge in [0.1, 0.15) is 11.5 Å². The van der Waals surface area contributed by atoms with Crippen molar-refractivity contribution in [2.45, 2.75) is 26.3 Å². The van der Waals surface area contributed by atoms with Crippen molar-refractivity contribution in [3.63, 3.8) is 0 Å². The van der Waals surface area contributed by atoms with Gasteiger partial charge < -0.3 is 5.73 Å². The summed E-state index contributed by atoms with van der Waals surface area (Å²) in [4.78, 5) is 13.4. The lowest BCUT2D eigenvalue weighted by Gasteiger charge is -2.12. The van der Waals surface area contributed by atoms with Crippen LogP contribution in [0, 0.1) is 5.82 Å². The summed E-state index contributed by atoms with van der Waals surface area (Å²) < 4.78 is 15.9. The van der Waals surface area contributed by atoms with Gasteiger partial charge in [-0.1, -0.05) is 41.4 Å². The fourth-order valence-corrected chi connectivity index (χ4v) is 3.12. The van der Waals surface area contributed by atoms with Crippen LogP contribution in [0.3, 0.4) is 0 Å². The highest BCUT2D eigenvalue weighted by molar-refractivity contribution is 6.33. The summed E-state index contributed by atoms with van der Waals surface area (Å²) in [5.74, 6) is 0.0849. The van der Waals surface area contributed by atoms with Gasteiger partial charge in [0.15, 0.2) is 11.6 Å². The van der Waals surface area contributed by atoms with E-state index in [1.54, 1.807) is 37.4 Å². The van der Waals surface area contributed by atoms with Crippen molar-refractivity contribution < 1.29 is 4.39 Å². The van der Waals surface area contributed by atoms with Crippen molar-refractivity contribution in [3.05, 3.63) is 69.7 Å². The lowest BCUT2D eigenvalue weighted by atomic mass is 10.1. The summed E-state index contributed by atoms with van der Waals surface area (Å²) in [6, 6.07) is 11.4. The van der Waals surface area contributed by atoms with Crippen LogP contribution in [-0.2, 0) is 7.05 Å². The molecule has 0 saturated carbocycles. The molecule has 9 heteroatoms. The first-order valence-electron chi connectivity index (χ1n) is 9.11. The number of guanidine groups is 1. The molecule has 2 N–H and O–H groups in total. The van der Waals surface area contributed by atoms with E-state index in [4.69, 9.17) is 28.9 Å². The molecule has 0 bridgehead atoms. The first-order valence-corrected chi connectivity index (χ1v) is 9.86. The van der Waals surface area contributed by atoms with Crippen molar-refractivity contribution in [1.82, 2.24) is 14.8 Å². The number of benzene rings is 2. The van der Waals surface area contributed by atoms with E-state index in [2.05, 4.69) is 20.1 Å². The maximum absolute atomic E-state index is 14.4. The summed E-state index contributed by atoms with van der Waals surface area (Å²) >= 11 is 12.2. The lowest BCUT2D eigenvalue weighted by molar-refractivity contribution is 0.582. The van der Waals surface area contributed by atoms with Gasteiger partial charge in [0.2, 0.25) is 5.96 Å². The molecule has 0 saturated heterocycles. The molecule has 2 aromatic carbocycles. The van der Waals surface area contributed by atoms with Crippen LogP contribution in [0.15, 0.2) is 52.4 Å². The summed E-state index contributed by atoms with van der Waals surface area (Å²) in [5, 5.41) is 5.13. The highest BCUT2D eigenvalue weighted by Gasteiger charge is 2.21. The molecule has 0 unspecified atom stereocenters. The van der Waals surface area contributed by atoms with Crippen molar-refractivity contribution in [1.29, 1.82) is 0 Å². The van der Waals surface area contributed by atoms with E-state index in [0.717, 1.165) is 0 Å². The molecule has 1 aromatic heterocycles. The highest BCUT2D eigenvalue weighted by Crippen LogP contribution is 2.28. The van der Waals surface area contributed by atoms with E-state index >= 15 is 0 Å². The van der Waals surface area contributed by atoms with Gasteiger partial charge in [0.05, 0.1) is 16.1 Å². The van der Waals surface area contributed by atoms with Gasteiger partial charge in [-0.25, -0.2) is 24.0 Å². The first kappa shape index (κ1) is 21.9. The maximum atomic E-state index is 14.4. The number of aliphatic imine (C=N–C) groups is 2. The van der Waals surface area contributed by atoms with Crippen LogP contribution in [0.1, 0.15) is 32.2 Å². The van der Waals surface area contributed by atoms with Crippen LogP contribution in [-0.4, -0.2) is 32.0 Å². The number of aryl methyl sites for hydroxylation is 1. The Labute approximate surface area is 184 Å². The fraction of sp³-hybridized carbons (Fsp3) is 0.238. The molecule has 0 fully saturated rings. The summed E-state index contributed by atoms with van der Waals surface area (Å²) in [6.45, 7) is 5.74. The molecule has 3 aromatic rings. The van der Waals surface area contributed by atoms with Crippen LogP contribution < -0.4 is 5.73 Å². The Kier molecular flexibility index (Phi) is 6.24. The smallest absolute Gasteiger partial charge is 0.216 e. The molecule has 3 rings (SSSR count). The zero-order valence-corrected chi connectivity index (χ0v) is 18.5. The molecule has 0 radical (unpaired) electrons. The zero-order chi connectivity index (χ0) is 22.1. The van der Waals surface area contributed by atoms with Crippen LogP contribution in [0.4, 0.5) is 4.39 Å². The number of halogens is 3. The Bertz CT molecular complexity index is 1110. The first-order chi connectivity index (χ1) is 14.0. The summed E-state index contributed by atoms with van der Waals surface area (Å²) in [6.07, 6.45) is 0. The summed E-state index contributed by atoms with van der Waals surface area (Å²) in [7, 11) is 1.68. The Balaban J connectivity index is 2.19. The van der Waals surface area contributed by atoms with Gasteiger partial charge in [-0.3, -0.25) is 0 Å². The van der Waals surface area contributed by atoms with E-state index in [1.807, 2.05) is 20.8 Å². The maximum Gasteiger partial charge on any atom is 0.216 e. The minimum Gasteiger partial charge on any atom is -0.368 e. The predicted molar refractivity (Wildman–Crippen MR) is 120 cm³/mol. The monoisotopic (exact) mass is 446 g/mol. The van der Waals surface area contributed by atoms with Gasteiger partial charge in [-0.15, -0.1) is 0 Å². The van der Waals surface area contributed by atoms with E-state index in [1.165, 1.54) is 16.8 Å². The van der Waals surface area contributed by atoms with E-state index in [0.29, 0.717) is 22.1 Å². The molecule has 0 amide bonds. The Hall–Kier alpha value is -2.77. The average molecular weight is 447 g/mol. The molecule has 156 valence electrons. The number of hydrogen-bond donors (Lipinski definition) is 1. The largest absolute Gasteiger partial charge is 0.368 e. The normalized spacial score (nSPS) is 13.0. The van der Waals surface area contributed by atoms with Crippen LogP contribution in [0.25, 0.3) is 11.4 Å². The van der Waals surface area contributed by atoms with Crippen LogP contribution in [0.2, 0.25) is 10.0 Å². The predicted octanol–water partition coefficient (Wildman–Crippen LogP) is 4.88. The third kappa shape index (κ3) is 5.04. The number of nitrogens with two attached hydrogens (primary N) is 1. The number of hydrogen-bond acceptors (Lipinski definition) is 3. The molecule has 0 aliphatic rings. The summed E-state index contributed by atoms with van der Waals surface area (Å²) in [5.41, 5.74) is 6.91. The van der Waals surface area contributed by atoms with Crippen molar-refractivity contribution >= 4 is 34.9 Å². The van der Waals surface area contributed by atoms with E-state index < -0.39 is 11.4 Å². The Morgan fingerprint density at radius 2 is 1.77 bits per heavy atom. The Morgan fingerprint density at radius 3 is 2.37 bits per heavy atom. The van der Waals surface area contributed by atoms with Crippen LogP contribution >= 0.6 is 23.2 Å². The standard InChI is InChI=1S/C21H21Cl2FN6/c1-21(2,3)28-20(25)26-17(12-8-10-13(22)11-9-12)19-27-18(29-30(19)4)16-14(23)6-5-7-15(16)24/h5-11H,1-4H3,(H2,25,28). The van der Waals surface area contributed by atoms with Gasteiger partial charge in [0, 0.05) is 17.6 Å². The highest BCUT2D eigenvalue weighted by atomic mass is 35.5. The quantitative estimate of drug-likeness (QED) is 0.459. The lowest BCUT2D eigenvalue weighted by Crippen LogP contribution is -2.22. The third-order valence-corrected chi connectivity index (χ3v) is 4.52. The zero-order valence-electron chi connectivity index (χ0n) is 17.0. The van der Waals surface area contributed by atoms with Gasteiger partial charge in [0.25, 0.3) is 0 Å². The molecule has 1 heterocycles. The van der Waals surface area contributed by atoms with E-state index in [-0.39, 0.29) is 22.4 Å². The molecule has 0 aliphatic carbocycles. The van der Waals surface area contributed by atoms with Gasteiger partial charge in [-0.05, 0) is 45.0 Å². The minimum atomic E-state index is -0.515. The SMILES string of the molecule is Cn1nc(-c2c(F)cccc2Cl)nc1C(=NC(N)=NC(C)(C)C)c1ccc(Cl)cc1. The molecule has 0 aliphatic heterocycles. The van der Waals surface area contributed by atoms with Crippen molar-refractivity contribution in [3.8, 4) is 11.4 Å². The topological polar surface area (TPSA) is 81.5 Å². The second-order valence-electron chi connectivity index (χ2n) is 7.59. The molecule has 30 heavy (non-hydrogen) atoms. The van der Waals surface area contributed by atoms with Crippen molar-refractivity contribution in [2.75, 3.05) is 0 Å². The van der Waals surface area contributed by atoms with Gasteiger partial charge in [-0.2, -0.15) is 5.10 Å². The Morgan fingerprint density at radius 1 is 1.10 bits per heavy atom. The number of rotatable bonds is 3. The molecular weight excluding hydrogens is 426 g/mol. The molecule has 0 spiro atoms. The second kappa shape index (κ2) is 8.53. The van der Waals surface area contributed by atoms with E-state index in [9.17, 15) is 4.39 Å².